The Kier molecular flexibility index (Phi) is 6.16. The van der Waals surface area contributed by atoms with Gasteiger partial charge in [-0.05, 0) is 32.9 Å². The van der Waals surface area contributed by atoms with Crippen LogP contribution in [0.2, 0.25) is 0 Å². The van der Waals surface area contributed by atoms with E-state index in [-0.39, 0.29) is 5.91 Å². The summed E-state index contributed by atoms with van der Waals surface area (Å²) in [6.07, 6.45) is 0.318. The number of carbonyl (C=O) groups is 1. The first-order valence-electron chi connectivity index (χ1n) is 7.21. The monoisotopic (exact) mass is 338 g/mol. The molecule has 1 amide bonds. The van der Waals surface area contributed by atoms with Crippen LogP contribution in [0.25, 0.3) is 0 Å². The molecule has 0 saturated heterocycles. The van der Waals surface area contributed by atoms with Crippen LogP contribution in [0.15, 0.2) is 24.3 Å². The minimum absolute atomic E-state index is 0.327. The second-order valence-corrected chi connectivity index (χ2v) is 8.00. The molecule has 1 rings (SSSR count). The molecule has 0 aliphatic carbocycles. The number of para-hydroxylation sites is 1. The van der Waals surface area contributed by atoms with E-state index in [1.165, 1.54) is 4.90 Å². The van der Waals surface area contributed by atoms with E-state index in [2.05, 4.69) is 0 Å². The Balaban J connectivity index is 2.86. The summed E-state index contributed by atoms with van der Waals surface area (Å²) in [5, 5.41) is 8.35. The van der Waals surface area contributed by atoms with Gasteiger partial charge in [-0.1, -0.05) is 12.1 Å². The Morgan fingerprint density at radius 1 is 1.26 bits per heavy atom. The molecule has 0 unspecified atom stereocenters. The van der Waals surface area contributed by atoms with E-state index in [1.54, 1.807) is 52.1 Å². The van der Waals surface area contributed by atoms with Gasteiger partial charge in [-0.25, -0.2) is 8.42 Å². The van der Waals surface area contributed by atoms with Crippen LogP contribution in [0.4, 0.5) is 0 Å². The predicted molar refractivity (Wildman–Crippen MR) is 87.8 cm³/mol. The van der Waals surface area contributed by atoms with E-state index >= 15 is 0 Å². The van der Waals surface area contributed by atoms with Gasteiger partial charge in [-0.3, -0.25) is 4.79 Å². The molecule has 6 nitrogen and oxygen atoms in total. The summed E-state index contributed by atoms with van der Waals surface area (Å²) in [5.74, 6) is -0.0196. The lowest BCUT2D eigenvalue weighted by molar-refractivity contribution is -0.138. The van der Waals surface area contributed by atoms with Crippen LogP contribution in [0.1, 0.15) is 26.3 Å². The second-order valence-electron chi connectivity index (χ2n) is 5.59. The first-order valence-corrected chi connectivity index (χ1v) is 9.16. The smallest absolute Gasteiger partial charge is 0.263 e. The average Bonchev–Trinajstić information content (AvgIpc) is 2.51. The number of rotatable bonds is 6. The van der Waals surface area contributed by atoms with Crippen LogP contribution in [0.5, 0.6) is 5.75 Å². The van der Waals surface area contributed by atoms with Crippen molar-refractivity contribution < 1.29 is 17.9 Å². The first-order chi connectivity index (χ1) is 10.6. The van der Waals surface area contributed by atoms with Gasteiger partial charge in [0.25, 0.3) is 5.91 Å². The molecule has 3 atom stereocenters. The summed E-state index contributed by atoms with van der Waals surface area (Å²) in [6, 6.07) is 8.15. The molecule has 1 aromatic rings. The van der Waals surface area contributed by atoms with Crippen molar-refractivity contribution in [3.05, 3.63) is 29.8 Å². The molecule has 0 bridgehead atoms. The highest BCUT2D eigenvalue weighted by molar-refractivity contribution is 7.91. The Bertz CT molecular complexity index is 709. The molecule has 1 aromatic carbocycles. The highest BCUT2D eigenvalue weighted by Crippen LogP contribution is 2.19. The van der Waals surface area contributed by atoms with E-state index in [1.807, 2.05) is 6.07 Å². The number of likely N-dealkylation sites (N-methyl/N-ethyl adjacent to an activating group) is 1. The molecule has 0 fully saturated rings. The van der Waals surface area contributed by atoms with Gasteiger partial charge in [0.2, 0.25) is 0 Å². The van der Waals surface area contributed by atoms with E-state index < -0.39 is 27.2 Å². The third kappa shape index (κ3) is 4.70. The molecule has 0 saturated carbocycles. The lowest BCUT2D eigenvalue weighted by Gasteiger charge is -2.31. The van der Waals surface area contributed by atoms with Gasteiger partial charge in [-0.2, -0.15) is 5.26 Å². The van der Waals surface area contributed by atoms with Crippen molar-refractivity contribution in [1.82, 2.24) is 4.90 Å². The number of benzene rings is 1. The van der Waals surface area contributed by atoms with Crippen molar-refractivity contribution in [2.24, 2.45) is 0 Å². The van der Waals surface area contributed by atoms with Crippen molar-refractivity contribution in [3.63, 3.8) is 0 Å². The molecule has 0 spiro atoms. The molecule has 126 valence electrons. The van der Waals surface area contributed by atoms with Gasteiger partial charge in [0.1, 0.15) is 11.8 Å². The van der Waals surface area contributed by atoms with E-state index in [0.717, 1.165) is 6.26 Å². The lowest BCUT2D eigenvalue weighted by atomic mass is 10.2. The minimum Gasteiger partial charge on any atom is -0.480 e. The number of hydrogen-bond donors (Lipinski definition) is 0. The van der Waals surface area contributed by atoms with Crippen molar-refractivity contribution >= 4 is 15.7 Å². The second kappa shape index (κ2) is 7.47. The number of sulfone groups is 1. The topological polar surface area (TPSA) is 87.5 Å². The number of hydrogen-bond acceptors (Lipinski definition) is 5. The van der Waals surface area contributed by atoms with Gasteiger partial charge in [0.05, 0.1) is 10.8 Å². The normalized spacial score (nSPS) is 15.1. The van der Waals surface area contributed by atoms with Gasteiger partial charge in [0, 0.05) is 19.3 Å². The third-order valence-electron chi connectivity index (χ3n) is 3.97. The maximum absolute atomic E-state index is 12.4. The zero-order valence-electron chi connectivity index (χ0n) is 14.0. The molecule has 0 heterocycles. The molecular weight excluding hydrogens is 316 g/mol. The zero-order chi connectivity index (χ0) is 17.8. The fraction of sp³-hybridized carbons (Fsp3) is 0.500. The van der Waals surface area contributed by atoms with Crippen LogP contribution in [0, 0.1) is 11.3 Å². The van der Waals surface area contributed by atoms with Gasteiger partial charge in [0.15, 0.2) is 15.9 Å². The standard InChI is InChI=1S/C16H22N2O4S/c1-11(13(3)23(5,20)21)18(4)16(19)12(2)22-15-9-7-6-8-14(15)10-17/h6-9,11-13H,1-5H3/t11-,12+,13+/m1/s1. The van der Waals surface area contributed by atoms with Crippen molar-refractivity contribution in [3.8, 4) is 11.8 Å². The molecule has 0 aliphatic heterocycles. The molecule has 0 aromatic heterocycles. The Morgan fingerprint density at radius 2 is 1.83 bits per heavy atom. The Labute approximate surface area is 137 Å². The molecule has 0 radical (unpaired) electrons. The summed E-state index contributed by atoms with van der Waals surface area (Å²) in [6.45, 7) is 4.82. The number of nitriles is 1. The molecule has 23 heavy (non-hydrogen) atoms. The van der Waals surface area contributed by atoms with Gasteiger partial charge >= 0.3 is 0 Å². The van der Waals surface area contributed by atoms with Crippen LogP contribution in [-0.4, -0.2) is 49.9 Å². The summed E-state index contributed by atoms with van der Waals surface area (Å²) >= 11 is 0. The SMILES string of the molecule is C[C@H](Oc1ccccc1C#N)C(=O)N(C)[C@H](C)[C@H](C)S(C)(=O)=O. The summed E-state index contributed by atoms with van der Waals surface area (Å²) < 4.78 is 28.8. The van der Waals surface area contributed by atoms with Crippen LogP contribution in [0.3, 0.4) is 0 Å². The van der Waals surface area contributed by atoms with E-state index in [4.69, 9.17) is 10.00 Å². The van der Waals surface area contributed by atoms with Gasteiger partial charge < -0.3 is 9.64 Å². The maximum atomic E-state index is 12.4. The quantitative estimate of drug-likeness (QED) is 0.786. The summed E-state index contributed by atoms with van der Waals surface area (Å²) in [4.78, 5) is 13.8. The summed E-state index contributed by atoms with van der Waals surface area (Å²) in [5.41, 5.74) is 0.340. The van der Waals surface area contributed by atoms with Crippen LogP contribution >= 0.6 is 0 Å². The molecule has 7 heteroatoms. The van der Waals surface area contributed by atoms with E-state index in [9.17, 15) is 13.2 Å². The van der Waals surface area contributed by atoms with Crippen LogP contribution < -0.4 is 4.74 Å². The number of carbonyl (C=O) groups excluding carboxylic acids is 1. The Hall–Kier alpha value is -2.07. The third-order valence-corrected chi connectivity index (χ3v) is 5.72. The summed E-state index contributed by atoms with van der Waals surface area (Å²) in [7, 11) is -1.71. The zero-order valence-corrected chi connectivity index (χ0v) is 14.8. The molecule has 0 N–H and O–H groups in total. The van der Waals surface area contributed by atoms with Crippen molar-refractivity contribution in [2.45, 2.75) is 38.2 Å². The van der Waals surface area contributed by atoms with Crippen molar-refractivity contribution in [2.75, 3.05) is 13.3 Å². The lowest BCUT2D eigenvalue weighted by Crippen LogP contribution is -2.48. The maximum Gasteiger partial charge on any atom is 0.263 e. The largest absolute Gasteiger partial charge is 0.480 e. The predicted octanol–water partition coefficient (Wildman–Crippen LogP) is 1.61. The number of nitrogens with zero attached hydrogens (tertiary/aromatic N) is 2. The fourth-order valence-corrected chi connectivity index (χ4v) is 2.96. The highest BCUT2D eigenvalue weighted by Gasteiger charge is 2.30. The average molecular weight is 338 g/mol. The molecular formula is C16H22N2O4S. The van der Waals surface area contributed by atoms with E-state index in [0.29, 0.717) is 11.3 Å². The molecule has 0 aliphatic rings. The first kappa shape index (κ1) is 19.0. The highest BCUT2D eigenvalue weighted by atomic mass is 32.2. The fourth-order valence-electron chi connectivity index (χ4n) is 2.06. The van der Waals surface area contributed by atoms with Crippen molar-refractivity contribution in [1.29, 1.82) is 5.26 Å². The van der Waals surface area contributed by atoms with Gasteiger partial charge in [-0.15, -0.1) is 0 Å². The Morgan fingerprint density at radius 3 is 2.35 bits per heavy atom. The van der Waals surface area contributed by atoms with Crippen LogP contribution in [-0.2, 0) is 14.6 Å². The number of ether oxygens (including phenoxy) is 1. The minimum atomic E-state index is -3.25. The number of amides is 1.